The lowest BCUT2D eigenvalue weighted by molar-refractivity contribution is -0.142. The number of hydrogen-bond acceptors (Lipinski definition) is 8. The van der Waals surface area contributed by atoms with Crippen LogP contribution in [-0.2, 0) is 30.4 Å². The number of carbonyl (C=O) groups excluding carboxylic acids is 4. The van der Waals surface area contributed by atoms with E-state index >= 15 is 0 Å². The molecular formula is C26H42N8O7. The quantitative estimate of drug-likeness (QED) is 0.0533. The van der Waals surface area contributed by atoms with Crippen LogP contribution in [0.5, 0.6) is 5.75 Å². The van der Waals surface area contributed by atoms with E-state index in [9.17, 15) is 34.2 Å². The van der Waals surface area contributed by atoms with Crippen LogP contribution < -0.4 is 38.9 Å². The molecule has 15 heteroatoms. The lowest BCUT2D eigenvalue weighted by Gasteiger charge is -2.26. The van der Waals surface area contributed by atoms with Gasteiger partial charge in [0.2, 0.25) is 23.6 Å². The minimum absolute atomic E-state index is 0.00668. The summed E-state index contributed by atoms with van der Waals surface area (Å²) in [6, 6.07) is 1.27. The Morgan fingerprint density at radius 2 is 1.41 bits per heavy atom. The highest BCUT2D eigenvalue weighted by molar-refractivity contribution is 5.94. The van der Waals surface area contributed by atoms with Gasteiger partial charge in [0, 0.05) is 19.4 Å². The van der Waals surface area contributed by atoms with Crippen LogP contribution in [-0.4, -0.2) is 76.5 Å². The van der Waals surface area contributed by atoms with Crippen molar-refractivity contribution in [3.63, 3.8) is 0 Å². The van der Waals surface area contributed by atoms with Crippen molar-refractivity contribution in [1.82, 2.24) is 16.0 Å². The molecule has 4 unspecified atom stereocenters. The number of aliphatic carboxylic acids is 1. The highest BCUT2D eigenvalue weighted by Crippen LogP contribution is 2.13. The number of nitrogens with zero attached hydrogens (tertiary/aromatic N) is 1. The average molecular weight is 579 g/mol. The molecule has 13 N–H and O–H groups in total. The Kier molecular flexibility index (Phi) is 14.6. The Morgan fingerprint density at radius 3 is 1.95 bits per heavy atom. The van der Waals surface area contributed by atoms with Gasteiger partial charge in [-0.05, 0) is 49.3 Å². The molecule has 1 rings (SSSR count). The molecule has 0 aliphatic heterocycles. The number of carboxylic acids is 1. The molecule has 0 saturated carbocycles. The molecule has 0 aliphatic rings. The van der Waals surface area contributed by atoms with Gasteiger partial charge in [-0.25, -0.2) is 4.79 Å². The maximum absolute atomic E-state index is 13.4. The number of amides is 4. The van der Waals surface area contributed by atoms with E-state index < -0.39 is 53.8 Å². The van der Waals surface area contributed by atoms with Gasteiger partial charge in [0.25, 0.3) is 0 Å². The molecule has 0 saturated heterocycles. The van der Waals surface area contributed by atoms with Crippen molar-refractivity contribution in [3.8, 4) is 5.75 Å². The molecule has 0 spiro atoms. The number of aromatic hydroxyl groups is 1. The molecule has 0 radical (unpaired) electrons. The number of carboxylic acid groups (broad SMARTS) is 1. The normalized spacial score (nSPS) is 13.8. The van der Waals surface area contributed by atoms with Crippen LogP contribution in [0.1, 0.15) is 51.5 Å². The Balaban J connectivity index is 3.09. The third-order valence-electron chi connectivity index (χ3n) is 5.95. The summed E-state index contributed by atoms with van der Waals surface area (Å²) in [5.41, 5.74) is 22.1. The molecule has 228 valence electrons. The van der Waals surface area contributed by atoms with Gasteiger partial charge in [-0.3, -0.25) is 24.2 Å². The number of benzene rings is 1. The third kappa shape index (κ3) is 14.0. The van der Waals surface area contributed by atoms with E-state index in [-0.39, 0.29) is 62.7 Å². The first-order valence-corrected chi connectivity index (χ1v) is 13.2. The van der Waals surface area contributed by atoms with Crippen molar-refractivity contribution < 1.29 is 34.2 Å². The number of nitrogens with two attached hydrogens (primary N) is 4. The van der Waals surface area contributed by atoms with Crippen molar-refractivity contribution in [3.05, 3.63) is 29.8 Å². The lowest BCUT2D eigenvalue weighted by Crippen LogP contribution is -2.57. The van der Waals surface area contributed by atoms with Crippen molar-refractivity contribution in [2.75, 3.05) is 6.54 Å². The summed E-state index contributed by atoms with van der Waals surface area (Å²) >= 11 is 0. The van der Waals surface area contributed by atoms with Crippen LogP contribution in [0.3, 0.4) is 0 Å². The highest BCUT2D eigenvalue weighted by Gasteiger charge is 2.31. The molecule has 1 aromatic rings. The lowest BCUT2D eigenvalue weighted by atomic mass is 10.00. The van der Waals surface area contributed by atoms with E-state index in [4.69, 9.17) is 22.9 Å². The van der Waals surface area contributed by atoms with Crippen LogP contribution in [0.2, 0.25) is 0 Å². The number of phenols is 1. The maximum Gasteiger partial charge on any atom is 0.326 e. The maximum atomic E-state index is 13.4. The minimum Gasteiger partial charge on any atom is -0.508 e. The third-order valence-corrected chi connectivity index (χ3v) is 5.95. The van der Waals surface area contributed by atoms with Gasteiger partial charge in [0.1, 0.15) is 23.9 Å². The Morgan fingerprint density at radius 1 is 0.854 bits per heavy atom. The van der Waals surface area contributed by atoms with E-state index in [0.717, 1.165) is 0 Å². The predicted molar refractivity (Wildman–Crippen MR) is 151 cm³/mol. The molecular weight excluding hydrogens is 536 g/mol. The standard InChI is InChI=1S/C26H42N8O7/c1-14(2)12-19(23(38)32-18(25(40)41)4-3-11-31-26(29)30)34-24(39)20(13-15-5-7-16(35)8-6-15)33-22(37)17(27)9-10-21(28)36/h5-8,14,17-20,35H,3-4,9-13,27H2,1-2H3,(H2,28,36)(H,32,38)(H,33,37)(H,34,39)(H,40,41)(H4,29,30,31). The second kappa shape index (κ2) is 17.3. The number of carbonyl (C=O) groups is 5. The fraction of sp³-hybridized carbons (Fsp3) is 0.538. The summed E-state index contributed by atoms with van der Waals surface area (Å²) in [7, 11) is 0. The summed E-state index contributed by atoms with van der Waals surface area (Å²) < 4.78 is 0. The van der Waals surface area contributed by atoms with Gasteiger partial charge in [-0.1, -0.05) is 26.0 Å². The van der Waals surface area contributed by atoms with Gasteiger partial charge in [0.05, 0.1) is 6.04 Å². The minimum atomic E-state index is -1.26. The number of nitrogens with one attached hydrogen (secondary N) is 3. The summed E-state index contributed by atoms with van der Waals surface area (Å²) in [5.74, 6) is -4.23. The molecule has 1 aromatic carbocycles. The zero-order valence-corrected chi connectivity index (χ0v) is 23.3. The van der Waals surface area contributed by atoms with Gasteiger partial charge in [0.15, 0.2) is 5.96 Å². The van der Waals surface area contributed by atoms with E-state index in [1.807, 2.05) is 13.8 Å². The number of phenolic OH excluding ortho intramolecular Hbond substituents is 1. The summed E-state index contributed by atoms with van der Waals surface area (Å²) in [6.07, 6.45) is 0.328. The fourth-order valence-corrected chi connectivity index (χ4v) is 3.79. The van der Waals surface area contributed by atoms with Crippen LogP contribution in [0, 0.1) is 5.92 Å². The molecule has 0 fully saturated rings. The molecule has 0 bridgehead atoms. The number of guanidine groups is 1. The van der Waals surface area contributed by atoms with E-state index in [1.165, 1.54) is 12.1 Å². The van der Waals surface area contributed by atoms with Gasteiger partial charge in [-0.15, -0.1) is 0 Å². The Labute approximate surface area is 238 Å². The van der Waals surface area contributed by atoms with Gasteiger partial charge >= 0.3 is 5.97 Å². The molecule has 4 amide bonds. The van der Waals surface area contributed by atoms with Gasteiger partial charge < -0.3 is 49.1 Å². The Hall–Kier alpha value is -4.40. The van der Waals surface area contributed by atoms with Crippen molar-refractivity contribution in [2.24, 2.45) is 33.8 Å². The number of aliphatic imine (C=N–C) groups is 1. The molecule has 15 nitrogen and oxygen atoms in total. The summed E-state index contributed by atoms with van der Waals surface area (Å²) in [6.45, 7) is 3.82. The second-order valence-electron chi connectivity index (χ2n) is 10.1. The molecule has 0 aliphatic carbocycles. The topological polar surface area (TPSA) is 278 Å². The van der Waals surface area contributed by atoms with Crippen molar-refractivity contribution in [1.29, 1.82) is 0 Å². The van der Waals surface area contributed by atoms with E-state index in [1.54, 1.807) is 12.1 Å². The average Bonchev–Trinajstić information content (AvgIpc) is 2.88. The second-order valence-corrected chi connectivity index (χ2v) is 10.1. The SMILES string of the molecule is CC(C)CC(NC(=O)C(Cc1ccc(O)cc1)NC(=O)C(N)CCC(N)=O)C(=O)NC(CCCN=C(N)N)C(=O)O. The highest BCUT2D eigenvalue weighted by atomic mass is 16.4. The summed E-state index contributed by atoms with van der Waals surface area (Å²) in [4.78, 5) is 65.9. The number of hydrogen-bond donors (Lipinski definition) is 9. The molecule has 0 aromatic heterocycles. The van der Waals surface area contributed by atoms with Crippen LogP contribution >= 0.6 is 0 Å². The zero-order chi connectivity index (χ0) is 31.1. The van der Waals surface area contributed by atoms with Crippen LogP contribution in [0.4, 0.5) is 0 Å². The molecule has 0 heterocycles. The van der Waals surface area contributed by atoms with E-state index in [0.29, 0.717) is 5.56 Å². The van der Waals surface area contributed by atoms with Crippen molar-refractivity contribution >= 4 is 35.6 Å². The van der Waals surface area contributed by atoms with E-state index in [2.05, 4.69) is 20.9 Å². The first-order valence-electron chi connectivity index (χ1n) is 13.2. The largest absolute Gasteiger partial charge is 0.508 e. The Bertz CT molecular complexity index is 1070. The van der Waals surface area contributed by atoms with Crippen molar-refractivity contribution in [2.45, 2.75) is 76.5 Å². The first kappa shape index (κ1) is 34.6. The van der Waals surface area contributed by atoms with Crippen LogP contribution in [0.25, 0.3) is 0 Å². The number of primary amides is 1. The smallest absolute Gasteiger partial charge is 0.326 e. The summed E-state index contributed by atoms with van der Waals surface area (Å²) in [5, 5.41) is 26.8. The number of rotatable bonds is 18. The first-order chi connectivity index (χ1) is 19.2. The fourth-order valence-electron chi connectivity index (χ4n) is 3.79. The van der Waals surface area contributed by atoms with Gasteiger partial charge in [-0.2, -0.15) is 0 Å². The monoisotopic (exact) mass is 578 g/mol. The molecule has 41 heavy (non-hydrogen) atoms. The molecule has 4 atom stereocenters. The zero-order valence-electron chi connectivity index (χ0n) is 23.3. The predicted octanol–water partition coefficient (Wildman–Crippen LogP) is -1.83. The van der Waals surface area contributed by atoms with Crippen LogP contribution in [0.15, 0.2) is 29.3 Å².